The van der Waals surface area contributed by atoms with Gasteiger partial charge in [0, 0.05) is 5.69 Å². The van der Waals surface area contributed by atoms with Gasteiger partial charge >= 0.3 is 0 Å². The van der Waals surface area contributed by atoms with E-state index in [9.17, 15) is 0 Å². The molecular formula is C8H9N3. The van der Waals surface area contributed by atoms with Gasteiger partial charge in [-0.1, -0.05) is 5.92 Å². The lowest BCUT2D eigenvalue weighted by molar-refractivity contribution is 1.15. The van der Waals surface area contributed by atoms with E-state index in [1.807, 2.05) is 13.0 Å². The van der Waals surface area contributed by atoms with Crippen molar-refractivity contribution in [3.8, 4) is 12.3 Å². The van der Waals surface area contributed by atoms with Crippen LogP contribution in [0.1, 0.15) is 11.3 Å². The number of rotatable bonds is 1. The van der Waals surface area contributed by atoms with Crippen LogP contribution >= 0.6 is 0 Å². The minimum absolute atomic E-state index is 0.549. The number of aryl methyl sites for hydroxylation is 1. The highest BCUT2D eigenvalue weighted by Gasteiger charge is 1.97. The van der Waals surface area contributed by atoms with E-state index in [0.717, 1.165) is 5.69 Å². The van der Waals surface area contributed by atoms with Crippen LogP contribution in [0.4, 0.5) is 5.82 Å². The Morgan fingerprint density at radius 1 is 1.64 bits per heavy atom. The fourth-order valence-corrected chi connectivity index (χ4v) is 0.783. The van der Waals surface area contributed by atoms with E-state index in [0.29, 0.717) is 11.4 Å². The van der Waals surface area contributed by atoms with Gasteiger partial charge in [-0.25, -0.2) is 10.8 Å². The van der Waals surface area contributed by atoms with Gasteiger partial charge in [-0.05, 0) is 19.1 Å². The Labute approximate surface area is 65.6 Å². The van der Waals surface area contributed by atoms with Crippen molar-refractivity contribution in [1.29, 1.82) is 0 Å². The molecule has 0 saturated heterocycles. The molecule has 3 N–H and O–H groups in total. The molecule has 0 aliphatic rings. The third-order valence-corrected chi connectivity index (χ3v) is 1.33. The van der Waals surface area contributed by atoms with Crippen molar-refractivity contribution >= 4 is 5.82 Å². The molecule has 0 aliphatic heterocycles. The highest BCUT2D eigenvalue weighted by molar-refractivity contribution is 5.52. The summed E-state index contributed by atoms with van der Waals surface area (Å²) in [7, 11) is 0. The molecule has 0 atom stereocenters. The SMILES string of the molecule is C#Cc1ccc(C)nc1NN. The smallest absolute Gasteiger partial charge is 0.156 e. The quantitative estimate of drug-likeness (QED) is 0.348. The summed E-state index contributed by atoms with van der Waals surface area (Å²) in [5.74, 6) is 8.20. The lowest BCUT2D eigenvalue weighted by Gasteiger charge is -2.02. The zero-order valence-electron chi connectivity index (χ0n) is 6.26. The fraction of sp³-hybridized carbons (Fsp3) is 0.125. The number of pyridine rings is 1. The average molecular weight is 147 g/mol. The third-order valence-electron chi connectivity index (χ3n) is 1.33. The van der Waals surface area contributed by atoms with Crippen LogP contribution in [-0.4, -0.2) is 4.98 Å². The van der Waals surface area contributed by atoms with Crippen LogP contribution in [0.15, 0.2) is 12.1 Å². The summed E-state index contributed by atoms with van der Waals surface area (Å²) in [6.07, 6.45) is 5.19. The number of hydrazine groups is 1. The number of hydrogen-bond donors (Lipinski definition) is 2. The molecule has 0 fully saturated rings. The minimum Gasteiger partial charge on any atom is -0.307 e. The van der Waals surface area contributed by atoms with Crippen LogP contribution in [0.25, 0.3) is 0 Å². The summed E-state index contributed by atoms with van der Waals surface area (Å²) in [6, 6.07) is 3.65. The van der Waals surface area contributed by atoms with Crippen molar-refractivity contribution in [2.24, 2.45) is 5.84 Å². The molecule has 0 aliphatic carbocycles. The predicted octanol–water partition coefficient (Wildman–Crippen LogP) is 0.657. The van der Waals surface area contributed by atoms with E-state index >= 15 is 0 Å². The number of aromatic nitrogens is 1. The second-order valence-electron chi connectivity index (χ2n) is 2.14. The van der Waals surface area contributed by atoms with Gasteiger partial charge < -0.3 is 5.43 Å². The van der Waals surface area contributed by atoms with Crippen molar-refractivity contribution in [2.45, 2.75) is 6.92 Å². The first kappa shape index (κ1) is 7.58. The second-order valence-corrected chi connectivity index (χ2v) is 2.14. The molecule has 0 amide bonds. The molecular weight excluding hydrogens is 138 g/mol. The van der Waals surface area contributed by atoms with E-state index in [4.69, 9.17) is 12.3 Å². The lowest BCUT2D eigenvalue weighted by Crippen LogP contribution is -2.10. The summed E-state index contributed by atoms with van der Waals surface area (Å²) in [5.41, 5.74) is 4.00. The van der Waals surface area contributed by atoms with Gasteiger partial charge in [0.1, 0.15) is 0 Å². The van der Waals surface area contributed by atoms with Crippen LogP contribution in [-0.2, 0) is 0 Å². The first-order valence-electron chi connectivity index (χ1n) is 3.19. The van der Waals surface area contributed by atoms with Crippen molar-refractivity contribution < 1.29 is 0 Å². The first-order valence-corrected chi connectivity index (χ1v) is 3.19. The number of terminal acetylenes is 1. The Hall–Kier alpha value is -1.53. The van der Waals surface area contributed by atoms with Crippen molar-refractivity contribution in [3.05, 3.63) is 23.4 Å². The monoisotopic (exact) mass is 147 g/mol. The number of hydrogen-bond acceptors (Lipinski definition) is 3. The van der Waals surface area contributed by atoms with Gasteiger partial charge in [0.2, 0.25) is 0 Å². The summed E-state index contributed by atoms with van der Waals surface area (Å²) < 4.78 is 0. The molecule has 1 heterocycles. The largest absolute Gasteiger partial charge is 0.307 e. The Morgan fingerprint density at radius 3 is 2.91 bits per heavy atom. The number of nitrogens with one attached hydrogen (secondary N) is 1. The van der Waals surface area contributed by atoms with E-state index in [1.165, 1.54) is 0 Å². The van der Waals surface area contributed by atoms with E-state index in [-0.39, 0.29) is 0 Å². The van der Waals surface area contributed by atoms with Gasteiger partial charge in [-0.2, -0.15) is 0 Å². The highest BCUT2D eigenvalue weighted by Crippen LogP contribution is 2.09. The maximum Gasteiger partial charge on any atom is 0.156 e. The molecule has 3 nitrogen and oxygen atoms in total. The molecule has 1 rings (SSSR count). The third kappa shape index (κ3) is 1.48. The maximum absolute atomic E-state index is 5.19. The number of nitrogens with two attached hydrogens (primary N) is 1. The Morgan fingerprint density at radius 2 is 2.36 bits per heavy atom. The Kier molecular flexibility index (Phi) is 2.09. The van der Waals surface area contributed by atoms with Crippen molar-refractivity contribution in [2.75, 3.05) is 5.43 Å². The molecule has 11 heavy (non-hydrogen) atoms. The average Bonchev–Trinajstić information content (AvgIpc) is 2.04. The van der Waals surface area contributed by atoms with E-state index in [1.54, 1.807) is 6.07 Å². The van der Waals surface area contributed by atoms with Gasteiger partial charge in [0.05, 0.1) is 5.56 Å². The van der Waals surface area contributed by atoms with Gasteiger partial charge in [-0.15, -0.1) is 6.42 Å². The number of anilines is 1. The molecule has 3 heteroatoms. The molecule has 1 aromatic rings. The molecule has 0 spiro atoms. The van der Waals surface area contributed by atoms with Gasteiger partial charge in [0.25, 0.3) is 0 Å². The normalized spacial score (nSPS) is 8.82. The first-order chi connectivity index (χ1) is 5.27. The predicted molar refractivity (Wildman–Crippen MR) is 44.7 cm³/mol. The zero-order chi connectivity index (χ0) is 8.27. The van der Waals surface area contributed by atoms with E-state index < -0.39 is 0 Å². The zero-order valence-corrected chi connectivity index (χ0v) is 6.26. The van der Waals surface area contributed by atoms with Crippen LogP contribution in [0.3, 0.4) is 0 Å². The molecule has 1 aromatic heterocycles. The number of nitrogen functional groups attached to an aromatic ring is 1. The standard InChI is InChI=1S/C8H9N3/c1-3-7-5-4-6(2)10-8(7)11-9/h1,4-5H,9H2,2H3,(H,10,11). The Bertz CT molecular complexity index is 299. The Balaban J connectivity index is 3.19. The summed E-state index contributed by atoms with van der Waals surface area (Å²) in [5, 5.41) is 0. The van der Waals surface area contributed by atoms with E-state index in [2.05, 4.69) is 16.3 Å². The van der Waals surface area contributed by atoms with Crippen molar-refractivity contribution in [1.82, 2.24) is 4.98 Å². The second kappa shape index (κ2) is 3.04. The topological polar surface area (TPSA) is 50.9 Å². The molecule has 0 aromatic carbocycles. The molecule has 56 valence electrons. The molecule has 0 bridgehead atoms. The minimum atomic E-state index is 0.549. The fourth-order valence-electron chi connectivity index (χ4n) is 0.783. The van der Waals surface area contributed by atoms with Gasteiger partial charge in [0.15, 0.2) is 5.82 Å². The summed E-state index contributed by atoms with van der Waals surface area (Å²) in [4.78, 5) is 4.08. The molecule has 0 radical (unpaired) electrons. The van der Waals surface area contributed by atoms with Crippen LogP contribution in [0.5, 0.6) is 0 Å². The van der Waals surface area contributed by atoms with Crippen molar-refractivity contribution in [3.63, 3.8) is 0 Å². The number of nitrogens with zero attached hydrogens (tertiary/aromatic N) is 1. The lowest BCUT2D eigenvalue weighted by atomic mass is 10.2. The van der Waals surface area contributed by atoms with Crippen LogP contribution < -0.4 is 11.3 Å². The summed E-state index contributed by atoms with van der Waals surface area (Å²) in [6.45, 7) is 1.88. The van der Waals surface area contributed by atoms with Gasteiger partial charge in [-0.3, -0.25) is 0 Å². The maximum atomic E-state index is 5.19. The summed E-state index contributed by atoms with van der Waals surface area (Å²) >= 11 is 0. The van der Waals surface area contributed by atoms with Crippen LogP contribution in [0.2, 0.25) is 0 Å². The van der Waals surface area contributed by atoms with Crippen LogP contribution in [0, 0.1) is 19.3 Å². The molecule has 0 saturated carbocycles. The highest BCUT2D eigenvalue weighted by atomic mass is 15.2. The molecule has 0 unspecified atom stereocenters.